The minimum Gasteiger partial charge on any atom is -0.352 e. The maximum atomic E-state index is 13.9. The molecule has 0 unspecified atom stereocenters. The van der Waals surface area contributed by atoms with Gasteiger partial charge in [0.2, 0.25) is 21.8 Å². The fraction of sp³-hybridized carbons (Fsp3) is 0.355. The van der Waals surface area contributed by atoms with E-state index in [1.165, 1.54) is 24.1 Å². The predicted molar refractivity (Wildman–Crippen MR) is 155 cm³/mol. The summed E-state index contributed by atoms with van der Waals surface area (Å²) in [7, 11) is -2.51. The van der Waals surface area contributed by atoms with Crippen LogP contribution in [0.5, 0.6) is 0 Å². The van der Waals surface area contributed by atoms with Crippen molar-refractivity contribution in [1.29, 1.82) is 0 Å². The molecule has 7 nitrogen and oxygen atoms in total. The Morgan fingerprint density at radius 2 is 1.51 bits per heavy atom. The summed E-state index contributed by atoms with van der Waals surface area (Å²) in [6.07, 6.45) is 1.04. The first-order chi connectivity index (χ1) is 18.5. The predicted octanol–water partition coefficient (Wildman–Crippen LogP) is 4.48. The Morgan fingerprint density at radius 3 is 2.13 bits per heavy atom. The second kappa shape index (κ2) is 13.5. The van der Waals surface area contributed by atoms with Gasteiger partial charge in [0.05, 0.1) is 11.4 Å². The molecule has 0 heterocycles. The number of likely N-dealkylation sites (N-methyl/N-ethyl adjacent to an activating group) is 1. The van der Waals surface area contributed by atoms with E-state index in [2.05, 4.69) is 5.32 Å². The highest BCUT2D eigenvalue weighted by atomic mass is 32.2. The number of rotatable bonds is 12. The molecule has 39 heavy (non-hydrogen) atoms. The molecule has 0 aromatic heterocycles. The van der Waals surface area contributed by atoms with Gasteiger partial charge in [-0.05, 0) is 56.0 Å². The lowest BCUT2D eigenvalue weighted by Gasteiger charge is -2.33. The van der Waals surface area contributed by atoms with Crippen LogP contribution in [0.25, 0.3) is 0 Å². The van der Waals surface area contributed by atoms with Gasteiger partial charge in [-0.3, -0.25) is 9.59 Å². The minimum atomic E-state index is -3.91. The molecule has 0 aliphatic heterocycles. The zero-order chi connectivity index (χ0) is 28.6. The molecule has 1 N–H and O–H groups in total. The number of carbonyl (C=O) groups is 2. The summed E-state index contributed by atoms with van der Waals surface area (Å²) in [5, 5.41) is 3.04. The summed E-state index contributed by atoms with van der Waals surface area (Å²) < 4.78 is 27.6. The molecule has 2 atom stereocenters. The third-order valence-corrected chi connectivity index (χ3v) is 8.78. The Morgan fingerprint density at radius 1 is 0.897 bits per heavy atom. The number of amides is 2. The highest BCUT2D eigenvalue weighted by Crippen LogP contribution is 2.20. The Labute approximate surface area is 232 Å². The lowest BCUT2D eigenvalue weighted by atomic mass is 10.0. The molecule has 208 valence electrons. The summed E-state index contributed by atoms with van der Waals surface area (Å²) >= 11 is 0. The van der Waals surface area contributed by atoms with Gasteiger partial charge in [-0.2, -0.15) is 4.31 Å². The van der Waals surface area contributed by atoms with E-state index in [0.29, 0.717) is 6.42 Å². The third kappa shape index (κ3) is 8.00. The lowest BCUT2D eigenvalue weighted by molar-refractivity contribution is -0.141. The monoisotopic (exact) mass is 549 g/mol. The van der Waals surface area contributed by atoms with Gasteiger partial charge in [-0.1, -0.05) is 79.2 Å². The van der Waals surface area contributed by atoms with Crippen LogP contribution in [-0.4, -0.2) is 55.1 Å². The van der Waals surface area contributed by atoms with Crippen molar-refractivity contribution in [2.75, 3.05) is 13.6 Å². The van der Waals surface area contributed by atoms with Gasteiger partial charge >= 0.3 is 0 Å². The van der Waals surface area contributed by atoms with Crippen LogP contribution in [0.15, 0.2) is 83.8 Å². The van der Waals surface area contributed by atoms with Crippen LogP contribution in [-0.2, 0) is 32.6 Å². The summed E-state index contributed by atoms with van der Waals surface area (Å²) in [6, 6.07) is 22.9. The molecular formula is C31H39N3O4S. The Balaban J connectivity index is 1.99. The first-order valence-corrected chi connectivity index (χ1v) is 14.7. The number of carbonyl (C=O) groups excluding carboxylic acids is 2. The topological polar surface area (TPSA) is 86.8 Å². The normalized spacial score (nSPS) is 13.1. The largest absolute Gasteiger partial charge is 0.352 e. The number of aryl methyl sites for hydroxylation is 2. The van der Waals surface area contributed by atoms with E-state index in [0.717, 1.165) is 33.0 Å². The summed E-state index contributed by atoms with van der Waals surface area (Å²) in [5.74, 6) is -0.712. The standard InChI is InChI=1S/C31H39N3O4S/c1-6-25(4)32-31(36)29(20-26-13-8-7-9-14-26)34(21-27-15-11-10-12-24(27)3)30(35)22-33(5)39(37,38)28-18-16-23(2)17-19-28/h7-19,25,29H,6,20-22H2,1-5H3,(H,32,36)/t25-,29-/m1/s1. The molecule has 0 fully saturated rings. The highest BCUT2D eigenvalue weighted by molar-refractivity contribution is 7.89. The highest BCUT2D eigenvalue weighted by Gasteiger charge is 2.33. The van der Waals surface area contributed by atoms with Gasteiger partial charge in [-0.25, -0.2) is 8.42 Å². The van der Waals surface area contributed by atoms with Crippen LogP contribution in [0.2, 0.25) is 0 Å². The van der Waals surface area contributed by atoms with Crippen molar-refractivity contribution < 1.29 is 18.0 Å². The number of sulfonamides is 1. The molecule has 0 saturated carbocycles. The number of nitrogens with zero attached hydrogens (tertiary/aromatic N) is 2. The van der Waals surface area contributed by atoms with Gasteiger partial charge in [0.25, 0.3) is 0 Å². The van der Waals surface area contributed by atoms with Gasteiger partial charge < -0.3 is 10.2 Å². The van der Waals surface area contributed by atoms with Gasteiger partial charge in [0, 0.05) is 26.1 Å². The van der Waals surface area contributed by atoms with Crippen molar-refractivity contribution >= 4 is 21.8 Å². The van der Waals surface area contributed by atoms with Crippen LogP contribution in [0.3, 0.4) is 0 Å². The molecular weight excluding hydrogens is 510 g/mol. The summed E-state index contributed by atoms with van der Waals surface area (Å²) in [5.41, 5.74) is 3.72. The fourth-order valence-electron chi connectivity index (χ4n) is 4.22. The van der Waals surface area contributed by atoms with E-state index in [4.69, 9.17) is 0 Å². The molecule has 2 amide bonds. The zero-order valence-electron chi connectivity index (χ0n) is 23.4. The SMILES string of the molecule is CC[C@@H](C)NC(=O)[C@@H](Cc1ccccc1)N(Cc1ccccc1C)C(=O)CN(C)S(=O)(=O)c1ccc(C)cc1. The first-order valence-electron chi connectivity index (χ1n) is 13.2. The van der Waals surface area contributed by atoms with E-state index >= 15 is 0 Å². The summed E-state index contributed by atoms with van der Waals surface area (Å²) in [4.78, 5) is 29.2. The second-order valence-corrected chi connectivity index (χ2v) is 12.1. The van der Waals surface area contributed by atoms with Gasteiger partial charge in [-0.15, -0.1) is 0 Å². The lowest BCUT2D eigenvalue weighted by Crippen LogP contribution is -2.54. The van der Waals surface area contributed by atoms with E-state index < -0.39 is 28.5 Å². The molecule has 0 saturated heterocycles. The molecule has 0 aliphatic carbocycles. The smallest absolute Gasteiger partial charge is 0.243 e. The van der Waals surface area contributed by atoms with Crippen molar-refractivity contribution in [2.24, 2.45) is 0 Å². The average molecular weight is 550 g/mol. The molecule has 3 aromatic rings. The van der Waals surface area contributed by atoms with E-state index in [-0.39, 0.29) is 23.4 Å². The molecule has 0 bridgehead atoms. The Kier molecular flexibility index (Phi) is 10.4. The van der Waals surface area contributed by atoms with Crippen molar-refractivity contribution in [3.63, 3.8) is 0 Å². The number of hydrogen-bond acceptors (Lipinski definition) is 4. The number of hydrogen-bond donors (Lipinski definition) is 1. The average Bonchev–Trinajstić information content (AvgIpc) is 2.92. The summed E-state index contributed by atoms with van der Waals surface area (Å²) in [6.45, 7) is 7.52. The van der Waals surface area contributed by atoms with Crippen LogP contribution in [0, 0.1) is 13.8 Å². The van der Waals surface area contributed by atoms with Gasteiger partial charge in [0.15, 0.2) is 0 Å². The fourth-order valence-corrected chi connectivity index (χ4v) is 5.34. The minimum absolute atomic E-state index is 0.0734. The molecule has 3 aromatic carbocycles. The van der Waals surface area contributed by atoms with Crippen LogP contribution >= 0.6 is 0 Å². The molecule has 0 spiro atoms. The van der Waals surface area contributed by atoms with E-state index in [9.17, 15) is 18.0 Å². The quantitative estimate of drug-likeness (QED) is 0.361. The number of nitrogens with one attached hydrogen (secondary N) is 1. The second-order valence-electron chi connectivity index (χ2n) is 10.0. The Bertz CT molecular complexity index is 1360. The van der Waals surface area contributed by atoms with Gasteiger partial charge in [0.1, 0.15) is 6.04 Å². The maximum Gasteiger partial charge on any atom is 0.243 e. The molecule has 3 rings (SSSR count). The first kappa shape index (κ1) is 30.1. The van der Waals surface area contributed by atoms with E-state index in [1.807, 2.05) is 82.3 Å². The van der Waals surface area contributed by atoms with E-state index in [1.54, 1.807) is 12.1 Å². The molecule has 8 heteroatoms. The van der Waals surface area contributed by atoms with Crippen molar-refractivity contribution in [1.82, 2.24) is 14.5 Å². The molecule has 0 radical (unpaired) electrons. The maximum absolute atomic E-state index is 13.9. The number of benzene rings is 3. The van der Waals surface area contributed by atoms with Crippen molar-refractivity contribution in [3.05, 3.63) is 101 Å². The third-order valence-electron chi connectivity index (χ3n) is 6.96. The van der Waals surface area contributed by atoms with Crippen LogP contribution < -0.4 is 5.32 Å². The zero-order valence-corrected chi connectivity index (χ0v) is 24.2. The van der Waals surface area contributed by atoms with Crippen molar-refractivity contribution in [2.45, 2.75) is 64.1 Å². The van der Waals surface area contributed by atoms with Crippen LogP contribution in [0.1, 0.15) is 42.5 Å². The van der Waals surface area contributed by atoms with Crippen LogP contribution in [0.4, 0.5) is 0 Å². The Hall–Kier alpha value is -3.49. The van der Waals surface area contributed by atoms with Crippen molar-refractivity contribution in [3.8, 4) is 0 Å². The molecule has 0 aliphatic rings.